The van der Waals surface area contributed by atoms with Gasteiger partial charge < -0.3 is 19.7 Å². The molecule has 1 N–H and O–H groups in total. The summed E-state index contributed by atoms with van der Waals surface area (Å²) in [6.45, 7) is 3.00. The van der Waals surface area contributed by atoms with Gasteiger partial charge in [-0.1, -0.05) is 0 Å². The van der Waals surface area contributed by atoms with Gasteiger partial charge in [0.2, 0.25) is 5.91 Å². The first kappa shape index (κ1) is 18.4. The minimum absolute atomic E-state index is 0.0251. The van der Waals surface area contributed by atoms with Crippen molar-refractivity contribution in [2.75, 3.05) is 46.6 Å². The van der Waals surface area contributed by atoms with Gasteiger partial charge in [0, 0.05) is 39.1 Å². The number of nitrogens with zero attached hydrogens (tertiary/aromatic N) is 2. The Morgan fingerprint density at radius 2 is 2.12 bits per heavy atom. The number of hydrogen-bond donors (Lipinski definition) is 1. The van der Waals surface area contributed by atoms with E-state index in [4.69, 9.17) is 9.47 Å². The number of hydrogen-bond acceptors (Lipinski definition) is 5. The fourth-order valence-electron chi connectivity index (χ4n) is 2.63. The van der Waals surface area contributed by atoms with Crippen LogP contribution in [0.1, 0.15) is 23.2 Å². The smallest absolute Gasteiger partial charge is 0.255 e. The maximum atomic E-state index is 12.3. The molecule has 1 fully saturated rings. The van der Waals surface area contributed by atoms with Crippen molar-refractivity contribution >= 4 is 11.8 Å². The summed E-state index contributed by atoms with van der Waals surface area (Å²) in [6, 6.07) is 3.55. The molecule has 2 amide bonds. The van der Waals surface area contributed by atoms with Crippen molar-refractivity contribution in [3.63, 3.8) is 0 Å². The van der Waals surface area contributed by atoms with E-state index in [2.05, 4.69) is 10.3 Å². The van der Waals surface area contributed by atoms with E-state index in [1.807, 2.05) is 4.90 Å². The first-order valence-corrected chi connectivity index (χ1v) is 8.23. The molecular weight excluding hydrogens is 310 g/mol. The molecule has 0 saturated carbocycles. The van der Waals surface area contributed by atoms with Gasteiger partial charge in [-0.05, 0) is 30.9 Å². The van der Waals surface area contributed by atoms with Crippen molar-refractivity contribution < 1.29 is 19.1 Å². The molecular formula is C17H25N3O4. The van der Waals surface area contributed by atoms with Crippen LogP contribution in [0.25, 0.3) is 0 Å². The summed E-state index contributed by atoms with van der Waals surface area (Å²) in [6.07, 6.45) is 5.02. The minimum atomic E-state index is -0.111. The predicted octanol–water partition coefficient (Wildman–Crippen LogP) is 0.713. The van der Waals surface area contributed by atoms with Gasteiger partial charge in [0.15, 0.2) is 0 Å². The van der Waals surface area contributed by atoms with Crippen molar-refractivity contribution in [1.29, 1.82) is 0 Å². The predicted molar refractivity (Wildman–Crippen MR) is 88.6 cm³/mol. The van der Waals surface area contributed by atoms with E-state index >= 15 is 0 Å². The second-order valence-electron chi connectivity index (χ2n) is 5.83. The van der Waals surface area contributed by atoms with Crippen LogP contribution in [0.5, 0.6) is 0 Å². The number of pyridine rings is 1. The zero-order valence-corrected chi connectivity index (χ0v) is 14.1. The number of amides is 2. The molecule has 24 heavy (non-hydrogen) atoms. The van der Waals surface area contributed by atoms with Crippen LogP contribution in [0.4, 0.5) is 0 Å². The number of rotatable bonds is 8. The van der Waals surface area contributed by atoms with Gasteiger partial charge in [0.1, 0.15) is 6.61 Å². The molecule has 2 heterocycles. The van der Waals surface area contributed by atoms with Crippen molar-refractivity contribution in [2.45, 2.75) is 12.8 Å². The number of carbonyl (C=O) groups excluding carboxylic acids is 2. The van der Waals surface area contributed by atoms with E-state index in [9.17, 15) is 9.59 Å². The summed E-state index contributed by atoms with van der Waals surface area (Å²) < 4.78 is 10.0. The van der Waals surface area contributed by atoms with E-state index in [0.717, 1.165) is 12.8 Å². The van der Waals surface area contributed by atoms with Crippen LogP contribution >= 0.6 is 0 Å². The van der Waals surface area contributed by atoms with Gasteiger partial charge in [0.25, 0.3) is 5.91 Å². The van der Waals surface area contributed by atoms with Crippen LogP contribution in [0.2, 0.25) is 0 Å². The van der Waals surface area contributed by atoms with Crippen molar-refractivity contribution in [3.05, 3.63) is 30.1 Å². The zero-order valence-electron chi connectivity index (χ0n) is 14.1. The first-order valence-electron chi connectivity index (χ1n) is 8.23. The molecule has 0 aromatic carbocycles. The third-order valence-corrected chi connectivity index (χ3v) is 4.06. The second-order valence-corrected chi connectivity index (χ2v) is 5.83. The molecule has 2 rings (SSSR count). The fourth-order valence-corrected chi connectivity index (χ4v) is 2.63. The third kappa shape index (κ3) is 5.90. The number of piperidine rings is 1. The Balaban J connectivity index is 1.64. The molecule has 7 heteroatoms. The average molecular weight is 335 g/mol. The van der Waals surface area contributed by atoms with Crippen molar-refractivity contribution in [3.8, 4) is 0 Å². The van der Waals surface area contributed by atoms with E-state index in [1.54, 1.807) is 31.6 Å². The number of methoxy groups -OCH3 is 1. The first-order chi connectivity index (χ1) is 11.7. The molecule has 7 nitrogen and oxygen atoms in total. The lowest BCUT2D eigenvalue weighted by atomic mass is 9.96. The maximum Gasteiger partial charge on any atom is 0.255 e. The normalized spacial score (nSPS) is 15.3. The van der Waals surface area contributed by atoms with Crippen LogP contribution in [0.15, 0.2) is 24.5 Å². The lowest BCUT2D eigenvalue weighted by Gasteiger charge is -2.32. The third-order valence-electron chi connectivity index (χ3n) is 4.06. The van der Waals surface area contributed by atoms with Gasteiger partial charge >= 0.3 is 0 Å². The number of aromatic nitrogens is 1. The van der Waals surface area contributed by atoms with Crippen LogP contribution in [-0.4, -0.2) is 68.3 Å². The summed E-state index contributed by atoms with van der Waals surface area (Å²) in [5.74, 6) is 0.308. The topological polar surface area (TPSA) is 80.8 Å². The van der Waals surface area contributed by atoms with Gasteiger partial charge in [-0.2, -0.15) is 0 Å². The van der Waals surface area contributed by atoms with E-state index < -0.39 is 0 Å². The summed E-state index contributed by atoms with van der Waals surface area (Å²) in [4.78, 5) is 29.8. The van der Waals surface area contributed by atoms with Crippen molar-refractivity contribution in [2.24, 2.45) is 5.92 Å². The van der Waals surface area contributed by atoms with Gasteiger partial charge in [-0.3, -0.25) is 14.6 Å². The van der Waals surface area contributed by atoms with Crippen molar-refractivity contribution in [1.82, 2.24) is 15.2 Å². The number of carbonyl (C=O) groups is 2. The molecule has 0 unspecified atom stereocenters. The second kappa shape index (κ2) is 10.00. The summed E-state index contributed by atoms with van der Waals surface area (Å²) in [5, 5.41) is 2.89. The molecule has 1 aliphatic heterocycles. The largest absolute Gasteiger partial charge is 0.382 e. The van der Waals surface area contributed by atoms with E-state index in [0.29, 0.717) is 44.3 Å². The van der Waals surface area contributed by atoms with Crippen LogP contribution in [0.3, 0.4) is 0 Å². The molecule has 0 bridgehead atoms. The van der Waals surface area contributed by atoms with Gasteiger partial charge in [0.05, 0.1) is 18.8 Å². The fraction of sp³-hybridized carbons (Fsp3) is 0.588. The molecule has 1 saturated heterocycles. The summed E-state index contributed by atoms with van der Waals surface area (Å²) in [7, 11) is 1.59. The Morgan fingerprint density at radius 3 is 2.79 bits per heavy atom. The Kier molecular flexibility index (Phi) is 7.64. The molecule has 1 aliphatic rings. The standard InChI is InChI=1S/C17H25N3O4/c1-23-9-10-24-13-16(21)19-11-14-4-7-20(8-5-14)17(22)15-3-2-6-18-12-15/h2-3,6,12,14H,4-5,7-11,13H2,1H3,(H,19,21). The molecule has 1 aromatic rings. The van der Waals surface area contributed by atoms with Gasteiger partial charge in [-0.25, -0.2) is 0 Å². The highest BCUT2D eigenvalue weighted by molar-refractivity contribution is 5.93. The Labute approximate surface area is 142 Å². The SMILES string of the molecule is COCCOCC(=O)NCC1CCN(C(=O)c2cccnc2)CC1. The Bertz CT molecular complexity index is 516. The highest BCUT2D eigenvalue weighted by Crippen LogP contribution is 2.18. The molecule has 132 valence electrons. The minimum Gasteiger partial charge on any atom is -0.382 e. The van der Waals surface area contributed by atoms with Crippen LogP contribution in [0, 0.1) is 5.92 Å². The lowest BCUT2D eigenvalue weighted by molar-refractivity contribution is -0.126. The quantitative estimate of drug-likeness (QED) is 0.708. The monoisotopic (exact) mass is 335 g/mol. The van der Waals surface area contributed by atoms with Crippen LogP contribution < -0.4 is 5.32 Å². The highest BCUT2D eigenvalue weighted by Gasteiger charge is 2.23. The summed E-state index contributed by atoms with van der Waals surface area (Å²) in [5.41, 5.74) is 0.623. The molecule has 0 radical (unpaired) electrons. The zero-order chi connectivity index (χ0) is 17.2. The molecule has 0 atom stereocenters. The van der Waals surface area contributed by atoms with Gasteiger partial charge in [-0.15, -0.1) is 0 Å². The summed E-state index contributed by atoms with van der Waals surface area (Å²) >= 11 is 0. The Hall–Kier alpha value is -1.99. The van der Waals surface area contributed by atoms with E-state index in [-0.39, 0.29) is 18.4 Å². The molecule has 1 aromatic heterocycles. The average Bonchev–Trinajstić information content (AvgIpc) is 2.64. The lowest BCUT2D eigenvalue weighted by Crippen LogP contribution is -2.42. The Morgan fingerprint density at radius 1 is 1.33 bits per heavy atom. The molecule has 0 spiro atoms. The maximum absolute atomic E-state index is 12.3. The number of ether oxygens (including phenoxy) is 2. The van der Waals surface area contributed by atoms with Crippen LogP contribution in [-0.2, 0) is 14.3 Å². The number of nitrogens with one attached hydrogen (secondary N) is 1. The highest BCUT2D eigenvalue weighted by atomic mass is 16.5. The van der Waals surface area contributed by atoms with E-state index in [1.165, 1.54) is 0 Å². The number of likely N-dealkylation sites (tertiary alicyclic amines) is 1. The molecule has 0 aliphatic carbocycles.